The average Bonchev–Trinajstić information content (AvgIpc) is 2.07. The van der Waals surface area contributed by atoms with Crippen LogP contribution >= 0.6 is 0 Å². The molecule has 11 heavy (non-hydrogen) atoms. The summed E-state index contributed by atoms with van der Waals surface area (Å²) in [4.78, 5) is 0. The first-order valence-corrected chi connectivity index (χ1v) is 3.48. The van der Waals surface area contributed by atoms with Crippen LogP contribution in [0.4, 0.5) is 0 Å². The van der Waals surface area contributed by atoms with Gasteiger partial charge in [0.2, 0.25) is 0 Å². The Morgan fingerprint density at radius 3 is 2.64 bits per heavy atom. The number of nitriles is 1. The summed E-state index contributed by atoms with van der Waals surface area (Å²) in [7, 11) is 0. The molecule has 1 rings (SSSR count). The highest BCUT2D eigenvalue weighted by atomic mass is 16.5. The molecule has 0 aliphatic rings. The van der Waals surface area contributed by atoms with E-state index in [4.69, 9.17) is 5.26 Å². The Morgan fingerprint density at radius 1 is 1.27 bits per heavy atom. The Kier molecular flexibility index (Phi) is 3.01. The normalized spacial score (nSPS) is 8.64. The van der Waals surface area contributed by atoms with Crippen molar-refractivity contribution in [1.29, 1.82) is 5.26 Å². The topological polar surface area (TPSA) is 33.0 Å². The first kappa shape index (κ1) is 7.62. The second-order valence-corrected chi connectivity index (χ2v) is 2.18. The molecule has 2 heteroatoms. The van der Waals surface area contributed by atoms with Crippen molar-refractivity contribution in [3.05, 3.63) is 35.9 Å². The summed E-state index contributed by atoms with van der Waals surface area (Å²) < 4.78 is 4.54. The molecule has 0 aromatic heterocycles. The van der Waals surface area contributed by atoms with Gasteiger partial charge >= 0.3 is 0 Å². The van der Waals surface area contributed by atoms with Gasteiger partial charge in [0.05, 0.1) is 0 Å². The average molecular weight is 147 g/mol. The van der Waals surface area contributed by atoms with E-state index < -0.39 is 0 Å². The molecule has 0 saturated heterocycles. The van der Waals surface area contributed by atoms with Gasteiger partial charge in [-0.15, -0.1) is 0 Å². The Balaban J connectivity index is 2.35. The van der Waals surface area contributed by atoms with Gasteiger partial charge in [-0.2, -0.15) is 5.26 Å². The van der Waals surface area contributed by atoms with Crippen molar-refractivity contribution in [3.8, 4) is 6.26 Å². The maximum Gasteiger partial charge on any atom is 0.286 e. The highest BCUT2D eigenvalue weighted by Gasteiger charge is 1.89. The standard InChI is InChI=1S/C9H9NO/c10-8-11-7-6-9-4-2-1-3-5-9/h1-5H,6-7H2. The van der Waals surface area contributed by atoms with Gasteiger partial charge in [-0.1, -0.05) is 30.3 Å². The van der Waals surface area contributed by atoms with E-state index in [-0.39, 0.29) is 0 Å². The molecule has 0 N–H and O–H groups in total. The van der Waals surface area contributed by atoms with Gasteiger partial charge < -0.3 is 4.74 Å². The second-order valence-electron chi connectivity index (χ2n) is 2.18. The molecule has 0 aliphatic heterocycles. The molecule has 0 heterocycles. The number of ether oxygens (including phenoxy) is 1. The number of nitrogens with zero attached hydrogens (tertiary/aromatic N) is 1. The molecule has 0 radical (unpaired) electrons. The fourth-order valence-electron chi connectivity index (χ4n) is 0.859. The van der Waals surface area contributed by atoms with Crippen molar-refractivity contribution >= 4 is 0 Å². The van der Waals surface area contributed by atoms with Crippen molar-refractivity contribution in [1.82, 2.24) is 0 Å². The molecule has 0 atom stereocenters. The van der Waals surface area contributed by atoms with E-state index in [0.717, 1.165) is 6.42 Å². The quantitative estimate of drug-likeness (QED) is 0.481. The minimum atomic E-state index is 0.473. The number of hydrogen-bond donors (Lipinski definition) is 0. The van der Waals surface area contributed by atoms with E-state index in [9.17, 15) is 0 Å². The van der Waals surface area contributed by atoms with E-state index in [1.807, 2.05) is 30.3 Å². The van der Waals surface area contributed by atoms with Crippen molar-refractivity contribution < 1.29 is 4.74 Å². The van der Waals surface area contributed by atoms with Crippen molar-refractivity contribution in [3.63, 3.8) is 0 Å². The molecular weight excluding hydrogens is 138 g/mol. The summed E-state index contributed by atoms with van der Waals surface area (Å²) in [6, 6.07) is 9.94. The van der Waals surface area contributed by atoms with Crippen LogP contribution in [0.1, 0.15) is 5.56 Å². The molecule has 0 unspecified atom stereocenters. The van der Waals surface area contributed by atoms with Gasteiger partial charge in [-0.05, 0) is 5.56 Å². The molecule has 2 nitrogen and oxygen atoms in total. The predicted octanol–water partition coefficient (Wildman–Crippen LogP) is 1.73. The molecular formula is C9H9NO. The van der Waals surface area contributed by atoms with Crippen LogP contribution in [0.25, 0.3) is 0 Å². The molecule has 0 spiro atoms. The van der Waals surface area contributed by atoms with Gasteiger partial charge in [0.1, 0.15) is 6.61 Å². The summed E-state index contributed by atoms with van der Waals surface area (Å²) in [5.74, 6) is 0. The largest absolute Gasteiger partial charge is 0.427 e. The van der Waals surface area contributed by atoms with Crippen LogP contribution < -0.4 is 0 Å². The molecule has 1 aromatic rings. The van der Waals surface area contributed by atoms with Crippen LogP contribution in [0.2, 0.25) is 0 Å². The molecule has 0 saturated carbocycles. The Hall–Kier alpha value is -1.49. The van der Waals surface area contributed by atoms with Crippen molar-refractivity contribution in [2.24, 2.45) is 0 Å². The number of benzene rings is 1. The molecule has 1 aromatic carbocycles. The zero-order chi connectivity index (χ0) is 7.94. The highest BCUT2D eigenvalue weighted by molar-refractivity contribution is 5.14. The molecule has 0 bridgehead atoms. The second kappa shape index (κ2) is 4.35. The van der Waals surface area contributed by atoms with Gasteiger partial charge in [-0.25, -0.2) is 0 Å². The maximum absolute atomic E-state index is 8.07. The smallest absolute Gasteiger partial charge is 0.286 e. The lowest BCUT2D eigenvalue weighted by molar-refractivity contribution is 0.274. The van der Waals surface area contributed by atoms with Gasteiger partial charge in [0.25, 0.3) is 6.26 Å². The van der Waals surface area contributed by atoms with E-state index in [1.54, 1.807) is 6.26 Å². The van der Waals surface area contributed by atoms with Gasteiger partial charge in [0.15, 0.2) is 0 Å². The van der Waals surface area contributed by atoms with Crippen LogP contribution in [0.15, 0.2) is 30.3 Å². The lowest BCUT2D eigenvalue weighted by atomic mass is 10.2. The molecule has 0 amide bonds. The Bertz CT molecular complexity index is 237. The minimum Gasteiger partial charge on any atom is -0.427 e. The molecule has 56 valence electrons. The third kappa shape index (κ3) is 2.72. The third-order valence-electron chi connectivity index (χ3n) is 1.40. The van der Waals surface area contributed by atoms with Gasteiger partial charge in [-0.3, -0.25) is 0 Å². The minimum absolute atomic E-state index is 0.473. The fourth-order valence-corrected chi connectivity index (χ4v) is 0.859. The van der Waals surface area contributed by atoms with Crippen LogP contribution in [0.3, 0.4) is 0 Å². The van der Waals surface area contributed by atoms with Gasteiger partial charge in [0, 0.05) is 6.42 Å². The highest BCUT2D eigenvalue weighted by Crippen LogP contribution is 1.98. The Morgan fingerprint density at radius 2 is 2.00 bits per heavy atom. The zero-order valence-electron chi connectivity index (χ0n) is 6.16. The van der Waals surface area contributed by atoms with Crippen molar-refractivity contribution in [2.45, 2.75) is 6.42 Å². The molecule has 0 fully saturated rings. The van der Waals surface area contributed by atoms with Crippen LogP contribution in [-0.2, 0) is 11.2 Å². The summed E-state index contributed by atoms with van der Waals surface area (Å²) in [6.45, 7) is 0.473. The Labute approximate surface area is 66.0 Å². The predicted molar refractivity (Wildman–Crippen MR) is 41.7 cm³/mol. The summed E-state index contributed by atoms with van der Waals surface area (Å²) >= 11 is 0. The maximum atomic E-state index is 8.07. The summed E-state index contributed by atoms with van der Waals surface area (Å²) in [6.07, 6.45) is 2.44. The van der Waals surface area contributed by atoms with Crippen LogP contribution in [-0.4, -0.2) is 6.61 Å². The lowest BCUT2D eigenvalue weighted by Crippen LogP contribution is -1.92. The van der Waals surface area contributed by atoms with E-state index in [1.165, 1.54) is 5.56 Å². The SMILES string of the molecule is N#COCCc1ccccc1. The summed E-state index contributed by atoms with van der Waals surface area (Å²) in [5, 5.41) is 8.07. The van der Waals surface area contributed by atoms with E-state index >= 15 is 0 Å². The van der Waals surface area contributed by atoms with E-state index in [0.29, 0.717) is 6.61 Å². The third-order valence-corrected chi connectivity index (χ3v) is 1.40. The first-order chi connectivity index (χ1) is 5.43. The monoisotopic (exact) mass is 147 g/mol. The fraction of sp³-hybridized carbons (Fsp3) is 0.222. The van der Waals surface area contributed by atoms with E-state index in [2.05, 4.69) is 4.74 Å². The zero-order valence-corrected chi connectivity index (χ0v) is 6.16. The van der Waals surface area contributed by atoms with Crippen molar-refractivity contribution in [2.75, 3.05) is 6.61 Å². The number of hydrogen-bond acceptors (Lipinski definition) is 2. The number of rotatable bonds is 3. The first-order valence-electron chi connectivity index (χ1n) is 3.48. The lowest BCUT2D eigenvalue weighted by Gasteiger charge is -1.96. The van der Waals surface area contributed by atoms with Crippen LogP contribution in [0.5, 0.6) is 0 Å². The molecule has 0 aliphatic carbocycles. The van der Waals surface area contributed by atoms with Crippen LogP contribution in [0, 0.1) is 11.5 Å². The summed E-state index contributed by atoms with van der Waals surface area (Å²) in [5.41, 5.74) is 1.20.